The molecule has 2 aromatic heterocycles. The van der Waals surface area contributed by atoms with Crippen LogP contribution in [0.5, 0.6) is 11.8 Å². The molecule has 46 heavy (non-hydrogen) atoms. The molecule has 4 aromatic rings. The Bertz CT molecular complexity index is 1890. The highest BCUT2D eigenvalue weighted by atomic mass is 32.2. The number of anilines is 1. The van der Waals surface area contributed by atoms with Gasteiger partial charge in [-0.2, -0.15) is 21.7 Å². The van der Waals surface area contributed by atoms with Gasteiger partial charge in [0.25, 0.3) is 0 Å². The maximum Gasteiger partial charge on any atom is 0.319 e. The van der Waals surface area contributed by atoms with Crippen molar-refractivity contribution in [3.63, 3.8) is 0 Å². The Hall–Kier alpha value is -3.72. The number of nitrogens with one attached hydrogen (secondary N) is 1. The van der Waals surface area contributed by atoms with Crippen LogP contribution in [-0.2, 0) is 0 Å². The van der Waals surface area contributed by atoms with Crippen molar-refractivity contribution in [1.82, 2.24) is 25.2 Å². The molecule has 2 bridgehead atoms. The van der Waals surface area contributed by atoms with Crippen LogP contribution in [0.1, 0.15) is 44.6 Å². The number of hydrogen-bond donors (Lipinski definition) is 2. The lowest BCUT2D eigenvalue weighted by Crippen LogP contribution is -2.51. The molecule has 4 saturated heterocycles. The van der Waals surface area contributed by atoms with Crippen molar-refractivity contribution in [3.8, 4) is 35.4 Å². The third-order valence-electron chi connectivity index (χ3n) is 10.3. The van der Waals surface area contributed by atoms with Crippen LogP contribution in [0.2, 0.25) is 0 Å². The van der Waals surface area contributed by atoms with E-state index in [2.05, 4.69) is 37.9 Å². The van der Waals surface area contributed by atoms with Crippen LogP contribution in [0, 0.1) is 24.0 Å². The van der Waals surface area contributed by atoms with Crippen molar-refractivity contribution < 1.29 is 18.6 Å². The Morgan fingerprint density at radius 1 is 1.17 bits per heavy atom. The van der Waals surface area contributed by atoms with Gasteiger partial charge in [0.05, 0.1) is 16.5 Å². The van der Waals surface area contributed by atoms with Gasteiger partial charge in [0, 0.05) is 54.1 Å². The summed E-state index contributed by atoms with van der Waals surface area (Å²) in [5.74, 6) is 2.66. The highest BCUT2D eigenvalue weighted by molar-refractivity contribution is 7.99. The Kier molecular flexibility index (Phi) is 7.42. The maximum absolute atomic E-state index is 16.9. The van der Waals surface area contributed by atoms with E-state index in [4.69, 9.17) is 16.1 Å². The fourth-order valence-electron chi connectivity index (χ4n) is 8.25. The molecule has 4 aliphatic rings. The number of fused-ring (bicyclic) bond motifs is 5. The molecular weight excluding hydrogens is 606 g/mol. The number of thioether (sulfide) groups is 1. The number of hydrogen-bond acceptors (Lipinski definition) is 9. The van der Waals surface area contributed by atoms with E-state index in [1.54, 1.807) is 6.20 Å². The Morgan fingerprint density at radius 2 is 2.00 bits per heavy atom. The molecule has 11 heteroatoms. The number of pyridine rings is 1. The van der Waals surface area contributed by atoms with Crippen molar-refractivity contribution in [2.24, 2.45) is 0 Å². The number of phenolic OH excluding ortho intramolecular Hbond substituents is 1. The summed E-state index contributed by atoms with van der Waals surface area (Å²) in [6, 6.07) is 6.39. The van der Waals surface area contributed by atoms with Gasteiger partial charge in [-0.05, 0) is 68.0 Å². The van der Waals surface area contributed by atoms with Crippen molar-refractivity contribution in [3.05, 3.63) is 47.7 Å². The zero-order chi connectivity index (χ0) is 31.6. The first-order valence-electron chi connectivity index (χ1n) is 16.1. The van der Waals surface area contributed by atoms with Crippen molar-refractivity contribution in [2.75, 3.05) is 43.4 Å². The molecule has 0 radical (unpaired) electrons. The molecule has 0 amide bonds. The molecule has 0 aliphatic carbocycles. The number of halogens is 2. The summed E-state index contributed by atoms with van der Waals surface area (Å²) in [5.41, 5.74) is 0.0851. The van der Waals surface area contributed by atoms with Crippen LogP contribution in [-0.4, -0.2) is 86.4 Å². The topological polar surface area (TPSA) is 86.6 Å². The van der Waals surface area contributed by atoms with E-state index in [-0.39, 0.29) is 39.6 Å². The zero-order valence-corrected chi connectivity index (χ0v) is 26.5. The van der Waals surface area contributed by atoms with Crippen LogP contribution in [0.4, 0.5) is 14.6 Å². The summed E-state index contributed by atoms with van der Waals surface area (Å²) in [4.78, 5) is 18.9. The molecule has 8 nitrogen and oxygen atoms in total. The molecule has 2 unspecified atom stereocenters. The van der Waals surface area contributed by atoms with Crippen LogP contribution in [0.3, 0.4) is 0 Å². The number of aromatic hydroxyl groups is 1. The first-order valence-corrected chi connectivity index (χ1v) is 17.2. The second-order valence-corrected chi connectivity index (χ2v) is 14.6. The standard InChI is InChI=1S/C35H36F2N6O2S/c1-3-25-28(36)9-6-20-12-23(44)13-26(29(20)25)31-30(37)32-27(15-38-31)33(42-16-21-7-8-22(17-42)39-21)41-34(40-32)45-19-35-10-5-11-43(35)18-24(14-35)46-4-2/h1,6,9,12-13,15,21-22,24,39,44H,4-5,7-8,10-11,14,16-19H2,2H3/t21?,22?,24-,35-/m0/s1. The fraction of sp³-hybridized carbons (Fsp3) is 0.457. The third kappa shape index (κ3) is 4.93. The van der Waals surface area contributed by atoms with E-state index in [9.17, 15) is 9.50 Å². The fourth-order valence-corrected chi connectivity index (χ4v) is 9.44. The summed E-state index contributed by atoms with van der Waals surface area (Å²) >= 11 is 2.00. The van der Waals surface area contributed by atoms with E-state index in [1.807, 2.05) is 11.8 Å². The van der Waals surface area contributed by atoms with Crippen LogP contribution in [0.25, 0.3) is 32.9 Å². The summed E-state index contributed by atoms with van der Waals surface area (Å²) in [6.07, 6.45) is 12.7. The van der Waals surface area contributed by atoms with Crippen molar-refractivity contribution in [2.45, 2.75) is 61.9 Å². The van der Waals surface area contributed by atoms with E-state index < -0.39 is 11.6 Å². The second-order valence-electron chi connectivity index (χ2n) is 13.1. The Labute approximate surface area is 270 Å². The van der Waals surface area contributed by atoms with Gasteiger partial charge in [0.1, 0.15) is 35.2 Å². The first kappa shape index (κ1) is 29.7. The monoisotopic (exact) mass is 642 g/mol. The van der Waals surface area contributed by atoms with Crippen LogP contribution < -0.4 is 15.0 Å². The molecule has 0 saturated carbocycles. The van der Waals surface area contributed by atoms with Crippen molar-refractivity contribution in [1.29, 1.82) is 0 Å². The van der Waals surface area contributed by atoms with Gasteiger partial charge < -0.3 is 20.1 Å². The average Bonchev–Trinajstić information content (AvgIpc) is 3.71. The van der Waals surface area contributed by atoms with Gasteiger partial charge in [-0.1, -0.05) is 18.9 Å². The number of ether oxygens (including phenoxy) is 1. The predicted octanol–water partition coefficient (Wildman–Crippen LogP) is 5.49. The molecule has 8 rings (SSSR count). The highest BCUT2D eigenvalue weighted by Gasteiger charge is 2.49. The summed E-state index contributed by atoms with van der Waals surface area (Å²) in [6.45, 7) is 6.22. The van der Waals surface area contributed by atoms with E-state index in [0.717, 1.165) is 64.0 Å². The normalized spacial score (nSPS) is 25.8. The van der Waals surface area contributed by atoms with Gasteiger partial charge in [0.15, 0.2) is 5.82 Å². The predicted molar refractivity (Wildman–Crippen MR) is 178 cm³/mol. The van der Waals surface area contributed by atoms with E-state index in [1.165, 1.54) is 24.3 Å². The number of phenols is 1. The number of rotatable bonds is 7. The SMILES string of the molecule is C#Cc1c(F)ccc2cc(O)cc(-c3ncc4c(N5CC6CCC(C5)N6)nc(OC[C@@]56CCCN5C[C@@H](SCC)C6)nc4c3F)c12. The maximum atomic E-state index is 16.9. The minimum absolute atomic E-state index is 0.0195. The van der Waals surface area contributed by atoms with E-state index >= 15 is 4.39 Å². The van der Waals surface area contributed by atoms with Crippen molar-refractivity contribution >= 4 is 39.3 Å². The van der Waals surface area contributed by atoms with Gasteiger partial charge in [-0.3, -0.25) is 9.88 Å². The Morgan fingerprint density at radius 3 is 2.78 bits per heavy atom. The minimum atomic E-state index is -0.704. The van der Waals surface area contributed by atoms with Gasteiger partial charge >= 0.3 is 6.01 Å². The number of aromatic nitrogens is 3. The molecule has 6 heterocycles. The summed E-state index contributed by atoms with van der Waals surface area (Å²) in [7, 11) is 0. The third-order valence-corrected chi connectivity index (χ3v) is 11.4. The summed E-state index contributed by atoms with van der Waals surface area (Å²) in [5, 5.41) is 16.0. The van der Waals surface area contributed by atoms with Gasteiger partial charge in [0.2, 0.25) is 0 Å². The smallest absolute Gasteiger partial charge is 0.319 e. The number of nitrogens with zero attached hydrogens (tertiary/aromatic N) is 5. The minimum Gasteiger partial charge on any atom is -0.508 e. The number of piperazine rings is 1. The molecule has 2 aromatic carbocycles. The zero-order valence-electron chi connectivity index (χ0n) is 25.7. The van der Waals surface area contributed by atoms with Gasteiger partial charge in [-0.15, -0.1) is 6.42 Å². The summed E-state index contributed by atoms with van der Waals surface area (Å²) < 4.78 is 38.2. The Balaban J connectivity index is 1.25. The van der Waals surface area contributed by atoms with Crippen LogP contribution in [0.15, 0.2) is 30.5 Å². The highest BCUT2D eigenvalue weighted by Crippen LogP contribution is 2.44. The molecule has 2 N–H and O–H groups in total. The molecule has 4 atom stereocenters. The molecule has 4 aliphatic heterocycles. The van der Waals surface area contributed by atoms with E-state index in [0.29, 0.717) is 45.9 Å². The largest absolute Gasteiger partial charge is 0.508 e. The van der Waals surface area contributed by atoms with Crippen LogP contribution >= 0.6 is 11.8 Å². The molecule has 0 spiro atoms. The first-order chi connectivity index (χ1) is 22.4. The number of terminal acetylenes is 1. The number of benzene rings is 2. The molecular formula is C35H36F2N6O2S. The quantitative estimate of drug-likeness (QED) is 0.254. The molecule has 4 fully saturated rings. The second kappa shape index (κ2) is 11.5. The lowest BCUT2D eigenvalue weighted by atomic mass is 9.95. The molecule has 238 valence electrons. The van der Waals surface area contributed by atoms with Gasteiger partial charge in [-0.25, -0.2) is 8.78 Å². The average molecular weight is 643 g/mol. The lowest BCUT2D eigenvalue weighted by Gasteiger charge is -2.34. The lowest BCUT2D eigenvalue weighted by molar-refractivity contribution is 0.108.